The topological polar surface area (TPSA) is 58.4 Å². The zero-order chi connectivity index (χ0) is 15.8. The SMILES string of the molecule is CCC(CC)N(C)CCCC(=O)Nc1cc(Cl)ccc1N. The van der Waals surface area contributed by atoms with E-state index in [4.69, 9.17) is 17.3 Å². The van der Waals surface area contributed by atoms with Gasteiger partial charge in [0.25, 0.3) is 0 Å². The number of hydrogen-bond donors (Lipinski definition) is 2. The molecular weight excluding hydrogens is 286 g/mol. The molecule has 1 aromatic rings. The van der Waals surface area contributed by atoms with Crippen molar-refractivity contribution >= 4 is 28.9 Å². The van der Waals surface area contributed by atoms with E-state index in [1.165, 1.54) is 0 Å². The van der Waals surface area contributed by atoms with Gasteiger partial charge in [-0.2, -0.15) is 0 Å². The predicted molar refractivity (Wildman–Crippen MR) is 90.7 cm³/mol. The number of nitrogen functional groups attached to an aromatic ring is 1. The summed E-state index contributed by atoms with van der Waals surface area (Å²) in [5.74, 6) is -0.0260. The molecule has 0 aliphatic rings. The Hall–Kier alpha value is -1.26. The van der Waals surface area contributed by atoms with E-state index >= 15 is 0 Å². The predicted octanol–water partition coefficient (Wildman–Crippen LogP) is 3.76. The van der Waals surface area contributed by atoms with Crippen LogP contribution >= 0.6 is 11.6 Å². The van der Waals surface area contributed by atoms with E-state index in [0.717, 1.165) is 25.8 Å². The van der Waals surface area contributed by atoms with Crippen molar-refractivity contribution in [2.45, 2.75) is 45.6 Å². The van der Waals surface area contributed by atoms with E-state index in [2.05, 4.69) is 31.1 Å². The van der Waals surface area contributed by atoms with Crippen molar-refractivity contribution < 1.29 is 4.79 Å². The van der Waals surface area contributed by atoms with Gasteiger partial charge in [0.05, 0.1) is 11.4 Å². The number of rotatable bonds is 8. The van der Waals surface area contributed by atoms with E-state index < -0.39 is 0 Å². The van der Waals surface area contributed by atoms with Crippen LogP contribution in [0.25, 0.3) is 0 Å². The smallest absolute Gasteiger partial charge is 0.224 e. The summed E-state index contributed by atoms with van der Waals surface area (Å²) >= 11 is 5.90. The van der Waals surface area contributed by atoms with Gasteiger partial charge in [-0.3, -0.25) is 4.79 Å². The first-order valence-electron chi connectivity index (χ1n) is 7.53. The number of anilines is 2. The zero-order valence-corrected chi connectivity index (χ0v) is 13.9. The summed E-state index contributed by atoms with van der Waals surface area (Å²) in [4.78, 5) is 14.3. The lowest BCUT2D eigenvalue weighted by molar-refractivity contribution is -0.116. The van der Waals surface area contributed by atoms with Gasteiger partial charge >= 0.3 is 0 Å². The maximum Gasteiger partial charge on any atom is 0.224 e. The van der Waals surface area contributed by atoms with Crippen molar-refractivity contribution in [2.75, 3.05) is 24.6 Å². The van der Waals surface area contributed by atoms with Gasteiger partial charge in [0, 0.05) is 17.5 Å². The molecule has 0 aliphatic carbocycles. The molecule has 0 radical (unpaired) electrons. The summed E-state index contributed by atoms with van der Waals surface area (Å²) in [6.07, 6.45) is 3.59. The molecule has 4 nitrogen and oxygen atoms in total. The summed E-state index contributed by atoms with van der Waals surface area (Å²) in [6.45, 7) is 5.31. The molecule has 0 saturated heterocycles. The van der Waals surface area contributed by atoms with Crippen LogP contribution in [0.1, 0.15) is 39.5 Å². The molecule has 0 atom stereocenters. The van der Waals surface area contributed by atoms with Crippen LogP contribution in [0.5, 0.6) is 0 Å². The molecule has 0 aromatic heterocycles. The molecule has 21 heavy (non-hydrogen) atoms. The van der Waals surface area contributed by atoms with Gasteiger partial charge in [0.15, 0.2) is 0 Å². The van der Waals surface area contributed by atoms with Crippen molar-refractivity contribution in [3.63, 3.8) is 0 Å². The Morgan fingerprint density at radius 3 is 2.67 bits per heavy atom. The van der Waals surface area contributed by atoms with Crippen molar-refractivity contribution in [1.82, 2.24) is 4.90 Å². The lowest BCUT2D eigenvalue weighted by Crippen LogP contribution is -2.31. The van der Waals surface area contributed by atoms with Crippen LogP contribution in [0.2, 0.25) is 5.02 Å². The Bertz CT molecular complexity index is 461. The number of halogens is 1. The van der Waals surface area contributed by atoms with Crippen LogP contribution in [-0.4, -0.2) is 30.4 Å². The summed E-state index contributed by atoms with van der Waals surface area (Å²) in [6, 6.07) is 5.66. The number of carbonyl (C=O) groups excluding carboxylic acids is 1. The fraction of sp³-hybridized carbons (Fsp3) is 0.562. The normalized spacial score (nSPS) is 11.1. The summed E-state index contributed by atoms with van der Waals surface area (Å²) in [5, 5.41) is 3.38. The highest BCUT2D eigenvalue weighted by molar-refractivity contribution is 6.31. The van der Waals surface area contributed by atoms with E-state index in [1.807, 2.05) is 0 Å². The fourth-order valence-corrected chi connectivity index (χ4v) is 2.61. The van der Waals surface area contributed by atoms with Crippen molar-refractivity contribution in [2.24, 2.45) is 0 Å². The Labute approximate surface area is 132 Å². The first-order valence-corrected chi connectivity index (χ1v) is 7.90. The quantitative estimate of drug-likeness (QED) is 0.719. The lowest BCUT2D eigenvalue weighted by atomic mass is 10.1. The van der Waals surface area contributed by atoms with Gasteiger partial charge in [-0.1, -0.05) is 25.4 Å². The third-order valence-corrected chi connectivity index (χ3v) is 4.01. The molecule has 1 aromatic carbocycles. The van der Waals surface area contributed by atoms with Gasteiger partial charge in [0.2, 0.25) is 5.91 Å². The molecule has 5 heteroatoms. The number of benzene rings is 1. The summed E-state index contributed by atoms with van der Waals surface area (Å²) in [5.41, 5.74) is 6.92. The van der Waals surface area contributed by atoms with E-state index in [-0.39, 0.29) is 5.91 Å². The van der Waals surface area contributed by atoms with E-state index in [0.29, 0.717) is 28.9 Å². The molecule has 0 bridgehead atoms. The largest absolute Gasteiger partial charge is 0.397 e. The second kappa shape index (κ2) is 8.90. The fourth-order valence-electron chi connectivity index (χ4n) is 2.43. The van der Waals surface area contributed by atoms with Crippen molar-refractivity contribution in [3.05, 3.63) is 23.2 Å². The number of nitrogens with two attached hydrogens (primary N) is 1. The highest BCUT2D eigenvalue weighted by Crippen LogP contribution is 2.23. The molecule has 0 unspecified atom stereocenters. The highest BCUT2D eigenvalue weighted by atomic mass is 35.5. The third kappa shape index (κ3) is 5.94. The maximum absolute atomic E-state index is 11.9. The molecular formula is C16H26ClN3O. The molecule has 1 amide bonds. The van der Waals surface area contributed by atoms with Crippen LogP contribution in [-0.2, 0) is 4.79 Å². The average Bonchev–Trinajstić information content (AvgIpc) is 2.44. The van der Waals surface area contributed by atoms with Crippen molar-refractivity contribution in [1.29, 1.82) is 0 Å². The Kier molecular flexibility index (Phi) is 7.54. The number of amides is 1. The minimum atomic E-state index is -0.0260. The summed E-state index contributed by atoms with van der Waals surface area (Å²) in [7, 11) is 2.12. The van der Waals surface area contributed by atoms with Crippen LogP contribution in [0.15, 0.2) is 18.2 Å². The zero-order valence-electron chi connectivity index (χ0n) is 13.2. The maximum atomic E-state index is 11.9. The van der Waals surface area contributed by atoms with Crippen LogP contribution in [0.4, 0.5) is 11.4 Å². The molecule has 0 fully saturated rings. The first kappa shape index (κ1) is 17.8. The monoisotopic (exact) mass is 311 g/mol. The molecule has 1 rings (SSSR count). The lowest BCUT2D eigenvalue weighted by Gasteiger charge is -2.25. The van der Waals surface area contributed by atoms with E-state index in [1.54, 1.807) is 18.2 Å². The van der Waals surface area contributed by atoms with Crippen LogP contribution < -0.4 is 11.1 Å². The molecule has 0 aliphatic heterocycles. The Balaban J connectivity index is 2.39. The number of nitrogens with one attached hydrogen (secondary N) is 1. The molecule has 0 heterocycles. The van der Waals surface area contributed by atoms with Gasteiger partial charge in [-0.05, 0) is 51.1 Å². The average molecular weight is 312 g/mol. The van der Waals surface area contributed by atoms with Crippen molar-refractivity contribution in [3.8, 4) is 0 Å². The minimum absolute atomic E-state index is 0.0260. The van der Waals surface area contributed by atoms with E-state index in [9.17, 15) is 4.79 Å². The van der Waals surface area contributed by atoms with Gasteiger partial charge in [0.1, 0.15) is 0 Å². The first-order chi connectivity index (χ1) is 9.97. The Morgan fingerprint density at radius 1 is 1.38 bits per heavy atom. The second-order valence-electron chi connectivity index (χ2n) is 5.33. The molecule has 118 valence electrons. The standard InChI is InChI=1S/C16H26ClN3O/c1-4-13(5-2)20(3)10-6-7-16(21)19-15-11-12(17)8-9-14(15)18/h8-9,11,13H,4-7,10,18H2,1-3H3,(H,19,21). The molecule has 0 spiro atoms. The van der Waals surface area contributed by atoms with Crippen LogP contribution in [0.3, 0.4) is 0 Å². The Morgan fingerprint density at radius 2 is 2.05 bits per heavy atom. The highest BCUT2D eigenvalue weighted by Gasteiger charge is 2.11. The molecule has 0 saturated carbocycles. The number of nitrogens with zero attached hydrogens (tertiary/aromatic N) is 1. The molecule has 3 N–H and O–H groups in total. The minimum Gasteiger partial charge on any atom is -0.397 e. The van der Waals surface area contributed by atoms with Gasteiger partial charge in [-0.15, -0.1) is 0 Å². The van der Waals surface area contributed by atoms with Gasteiger partial charge in [-0.25, -0.2) is 0 Å². The summed E-state index contributed by atoms with van der Waals surface area (Å²) < 4.78 is 0. The second-order valence-corrected chi connectivity index (χ2v) is 5.77. The van der Waals surface area contributed by atoms with Gasteiger partial charge < -0.3 is 16.0 Å². The third-order valence-electron chi connectivity index (χ3n) is 3.77. The number of hydrogen-bond acceptors (Lipinski definition) is 3. The number of carbonyl (C=O) groups is 1. The van der Waals surface area contributed by atoms with Crippen LogP contribution in [0, 0.1) is 0 Å².